The first-order chi connectivity index (χ1) is 17.5. The van der Waals surface area contributed by atoms with Crippen LogP contribution in [0, 0.1) is 0 Å². The van der Waals surface area contributed by atoms with Crippen molar-refractivity contribution in [2.75, 3.05) is 27.4 Å². The zero-order chi connectivity index (χ0) is 25.5. The van der Waals surface area contributed by atoms with E-state index in [2.05, 4.69) is 0 Å². The molecule has 36 heavy (non-hydrogen) atoms. The van der Waals surface area contributed by atoms with E-state index in [9.17, 15) is 14.4 Å². The number of rotatable bonds is 9. The lowest BCUT2D eigenvalue weighted by Crippen LogP contribution is -2.32. The SMILES string of the molecule is COc1ccc(C(=O)Oc2cccc(/C=C3\SC(=O)N(CCOc4ccccc4OC)C3=O)c2)cc1. The third-order valence-electron chi connectivity index (χ3n) is 5.21. The lowest BCUT2D eigenvalue weighted by molar-refractivity contribution is -0.123. The van der Waals surface area contributed by atoms with Gasteiger partial charge in [0.05, 0.1) is 31.2 Å². The number of para-hydroxylation sites is 2. The topological polar surface area (TPSA) is 91.4 Å². The standard InChI is InChI=1S/C27H23NO7S/c1-32-20-12-10-19(11-13-20)26(30)35-21-7-5-6-18(16-21)17-24-25(29)28(27(31)36-24)14-15-34-23-9-4-3-8-22(23)33-2/h3-13,16-17H,14-15H2,1-2H3/b24-17-. The average Bonchev–Trinajstić information content (AvgIpc) is 3.16. The molecule has 1 heterocycles. The Labute approximate surface area is 212 Å². The molecule has 0 atom stereocenters. The molecule has 1 fully saturated rings. The van der Waals surface area contributed by atoms with Gasteiger partial charge in [-0.1, -0.05) is 24.3 Å². The molecular weight excluding hydrogens is 482 g/mol. The Morgan fingerprint density at radius 3 is 2.36 bits per heavy atom. The molecule has 0 aromatic heterocycles. The molecule has 3 aromatic rings. The number of imide groups is 1. The Morgan fingerprint density at radius 2 is 1.64 bits per heavy atom. The lowest BCUT2D eigenvalue weighted by atomic mass is 10.2. The molecule has 1 saturated heterocycles. The van der Waals surface area contributed by atoms with Gasteiger partial charge in [-0.2, -0.15) is 0 Å². The number of carbonyl (C=O) groups is 3. The van der Waals surface area contributed by atoms with Gasteiger partial charge >= 0.3 is 5.97 Å². The minimum atomic E-state index is -0.523. The summed E-state index contributed by atoms with van der Waals surface area (Å²) in [5, 5.41) is -0.378. The van der Waals surface area contributed by atoms with Crippen molar-refractivity contribution in [2.24, 2.45) is 0 Å². The number of hydrogen-bond donors (Lipinski definition) is 0. The molecule has 0 bridgehead atoms. The second-order valence-electron chi connectivity index (χ2n) is 7.52. The predicted octanol–water partition coefficient (Wildman–Crippen LogP) is 5.04. The molecule has 4 rings (SSSR count). The summed E-state index contributed by atoms with van der Waals surface area (Å²) in [6.07, 6.45) is 1.59. The molecule has 0 saturated carbocycles. The molecule has 0 aliphatic carbocycles. The second-order valence-corrected chi connectivity index (χ2v) is 8.52. The first kappa shape index (κ1) is 24.9. The average molecular weight is 506 g/mol. The molecule has 8 nitrogen and oxygen atoms in total. The largest absolute Gasteiger partial charge is 0.497 e. The summed E-state index contributed by atoms with van der Waals surface area (Å²) in [6, 6.07) is 20.4. The van der Waals surface area contributed by atoms with Crippen molar-refractivity contribution in [1.29, 1.82) is 0 Å². The van der Waals surface area contributed by atoms with E-state index < -0.39 is 11.9 Å². The fraction of sp³-hybridized carbons (Fsp3) is 0.148. The Hall–Kier alpha value is -4.24. The van der Waals surface area contributed by atoms with E-state index in [4.69, 9.17) is 18.9 Å². The van der Waals surface area contributed by atoms with Gasteiger partial charge in [0.25, 0.3) is 11.1 Å². The summed E-state index contributed by atoms with van der Waals surface area (Å²) in [7, 11) is 3.09. The van der Waals surface area contributed by atoms with Gasteiger partial charge in [-0.3, -0.25) is 14.5 Å². The van der Waals surface area contributed by atoms with Crippen molar-refractivity contribution in [3.63, 3.8) is 0 Å². The molecule has 0 N–H and O–H groups in total. The first-order valence-corrected chi connectivity index (χ1v) is 11.8. The van der Waals surface area contributed by atoms with Crippen molar-refractivity contribution >= 4 is 35.0 Å². The molecular formula is C27H23NO7S. The van der Waals surface area contributed by atoms with Crippen LogP contribution in [0.15, 0.2) is 77.7 Å². The van der Waals surface area contributed by atoms with Crippen LogP contribution < -0.4 is 18.9 Å². The van der Waals surface area contributed by atoms with Crippen LogP contribution in [-0.4, -0.2) is 49.4 Å². The Kier molecular flexibility index (Phi) is 7.92. The fourth-order valence-corrected chi connectivity index (χ4v) is 4.25. The summed E-state index contributed by atoms with van der Waals surface area (Å²) >= 11 is 0.849. The number of hydrogen-bond acceptors (Lipinski definition) is 8. The molecule has 9 heteroatoms. The van der Waals surface area contributed by atoms with E-state index in [0.717, 1.165) is 16.7 Å². The van der Waals surface area contributed by atoms with Gasteiger partial charge in [-0.25, -0.2) is 4.79 Å². The van der Waals surface area contributed by atoms with Gasteiger partial charge in [-0.05, 0) is 71.9 Å². The van der Waals surface area contributed by atoms with Gasteiger partial charge < -0.3 is 18.9 Å². The fourth-order valence-electron chi connectivity index (χ4n) is 3.39. The molecule has 2 amide bonds. The number of ether oxygens (including phenoxy) is 4. The Morgan fingerprint density at radius 1 is 0.889 bits per heavy atom. The summed E-state index contributed by atoms with van der Waals surface area (Å²) in [4.78, 5) is 39.1. The molecule has 1 aliphatic heterocycles. The second kappa shape index (κ2) is 11.5. The molecule has 1 aliphatic rings. The third-order valence-corrected chi connectivity index (χ3v) is 6.11. The maximum Gasteiger partial charge on any atom is 0.343 e. The van der Waals surface area contributed by atoms with Gasteiger partial charge in [-0.15, -0.1) is 0 Å². The highest BCUT2D eigenvalue weighted by Crippen LogP contribution is 2.33. The quantitative estimate of drug-likeness (QED) is 0.227. The van der Waals surface area contributed by atoms with Crippen molar-refractivity contribution < 1.29 is 33.3 Å². The normalized spacial score (nSPS) is 14.2. The number of nitrogens with zero attached hydrogens (tertiary/aromatic N) is 1. The summed E-state index contributed by atoms with van der Waals surface area (Å²) in [5.74, 6) is 1.12. The molecule has 0 unspecified atom stereocenters. The van der Waals surface area contributed by atoms with Gasteiger partial charge in [0.15, 0.2) is 11.5 Å². The third kappa shape index (κ3) is 5.87. The molecule has 0 spiro atoms. The van der Waals surface area contributed by atoms with Crippen LogP contribution >= 0.6 is 11.8 Å². The number of benzene rings is 3. The monoisotopic (exact) mass is 505 g/mol. The highest BCUT2D eigenvalue weighted by atomic mass is 32.2. The number of amides is 2. The van der Waals surface area contributed by atoms with E-state index in [1.807, 2.05) is 12.1 Å². The lowest BCUT2D eigenvalue weighted by Gasteiger charge is -2.14. The zero-order valence-electron chi connectivity index (χ0n) is 19.6. The highest BCUT2D eigenvalue weighted by molar-refractivity contribution is 8.18. The summed E-state index contributed by atoms with van der Waals surface area (Å²) < 4.78 is 21.5. The smallest absolute Gasteiger partial charge is 0.343 e. The van der Waals surface area contributed by atoms with Gasteiger partial charge in [0.2, 0.25) is 0 Å². The minimum Gasteiger partial charge on any atom is -0.497 e. The number of carbonyl (C=O) groups excluding carboxylic acids is 3. The van der Waals surface area contributed by atoms with Crippen LogP contribution in [0.5, 0.6) is 23.0 Å². The van der Waals surface area contributed by atoms with Crippen molar-refractivity contribution in [2.45, 2.75) is 0 Å². The summed E-state index contributed by atoms with van der Waals surface area (Å²) in [6.45, 7) is 0.224. The van der Waals surface area contributed by atoms with E-state index in [-0.39, 0.29) is 23.3 Å². The van der Waals surface area contributed by atoms with Crippen LogP contribution in [0.2, 0.25) is 0 Å². The maximum atomic E-state index is 12.8. The van der Waals surface area contributed by atoms with Crippen LogP contribution in [0.3, 0.4) is 0 Å². The van der Waals surface area contributed by atoms with Crippen molar-refractivity contribution in [3.05, 3.63) is 88.8 Å². The van der Waals surface area contributed by atoms with E-state index in [1.165, 1.54) is 0 Å². The molecule has 0 radical (unpaired) electrons. The Balaban J connectivity index is 1.39. The summed E-state index contributed by atoms with van der Waals surface area (Å²) in [5.41, 5.74) is 0.989. The van der Waals surface area contributed by atoms with E-state index in [1.54, 1.807) is 81.0 Å². The van der Waals surface area contributed by atoms with Crippen molar-refractivity contribution in [3.8, 4) is 23.0 Å². The van der Waals surface area contributed by atoms with Crippen molar-refractivity contribution in [1.82, 2.24) is 4.90 Å². The van der Waals surface area contributed by atoms with Gasteiger partial charge in [0.1, 0.15) is 18.1 Å². The van der Waals surface area contributed by atoms with Crippen LogP contribution in [0.4, 0.5) is 4.79 Å². The highest BCUT2D eigenvalue weighted by Gasteiger charge is 2.34. The van der Waals surface area contributed by atoms with Crippen LogP contribution in [0.25, 0.3) is 6.08 Å². The molecule has 184 valence electrons. The number of esters is 1. The van der Waals surface area contributed by atoms with Crippen LogP contribution in [0.1, 0.15) is 15.9 Å². The predicted molar refractivity (Wildman–Crippen MR) is 136 cm³/mol. The maximum absolute atomic E-state index is 12.8. The Bertz CT molecular complexity index is 1300. The molecule has 3 aromatic carbocycles. The number of methoxy groups -OCH3 is 2. The van der Waals surface area contributed by atoms with Gasteiger partial charge in [0, 0.05) is 0 Å². The first-order valence-electron chi connectivity index (χ1n) is 11.0. The number of thioether (sulfide) groups is 1. The van der Waals surface area contributed by atoms with E-state index >= 15 is 0 Å². The zero-order valence-corrected chi connectivity index (χ0v) is 20.4. The van der Waals surface area contributed by atoms with E-state index in [0.29, 0.717) is 34.1 Å². The van der Waals surface area contributed by atoms with Crippen LogP contribution in [-0.2, 0) is 4.79 Å². The minimum absolute atomic E-state index is 0.0968.